The van der Waals surface area contributed by atoms with Crippen molar-refractivity contribution in [1.29, 1.82) is 0 Å². The van der Waals surface area contributed by atoms with E-state index in [0.29, 0.717) is 23.7 Å². The molecular formula is C28H31N3O5S2. The predicted octanol–water partition coefficient (Wildman–Crippen LogP) is 5.21. The Balaban J connectivity index is 1.07. The van der Waals surface area contributed by atoms with Crippen LogP contribution in [-0.4, -0.2) is 52.4 Å². The fourth-order valence-corrected chi connectivity index (χ4v) is 6.90. The Morgan fingerprint density at radius 1 is 1.13 bits per heavy atom. The summed E-state index contributed by atoms with van der Waals surface area (Å²) in [6, 6.07) is 13.5. The second kappa shape index (κ2) is 12.2. The minimum atomic E-state index is -0.450. The molecule has 1 aliphatic rings. The van der Waals surface area contributed by atoms with Crippen molar-refractivity contribution in [2.75, 3.05) is 13.6 Å². The van der Waals surface area contributed by atoms with E-state index in [1.807, 2.05) is 41.1 Å². The highest BCUT2D eigenvalue weighted by atomic mass is 32.1. The van der Waals surface area contributed by atoms with E-state index < -0.39 is 5.92 Å². The maximum Gasteiger partial charge on any atom is 0.355 e. The highest BCUT2D eigenvalue weighted by molar-refractivity contribution is 7.11. The minimum Gasteiger partial charge on any atom is -0.306 e. The van der Waals surface area contributed by atoms with E-state index in [1.165, 1.54) is 0 Å². The van der Waals surface area contributed by atoms with Gasteiger partial charge in [0.2, 0.25) is 0 Å². The van der Waals surface area contributed by atoms with Gasteiger partial charge in [0.25, 0.3) is 0 Å². The Kier molecular flexibility index (Phi) is 8.53. The Bertz CT molecular complexity index is 1370. The van der Waals surface area contributed by atoms with Crippen molar-refractivity contribution in [3.05, 3.63) is 79.0 Å². The summed E-state index contributed by atoms with van der Waals surface area (Å²) in [5, 5.41) is 3.93. The molecule has 0 atom stereocenters. The molecule has 1 N–H and O–H groups in total. The van der Waals surface area contributed by atoms with Crippen LogP contribution in [0.15, 0.2) is 58.0 Å². The molecule has 3 aromatic heterocycles. The summed E-state index contributed by atoms with van der Waals surface area (Å²) in [4.78, 5) is 54.4. The number of fused-ring (bicyclic) bond motifs is 1. The monoisotopic (exact) mass is 553 g/mol. The number of aldehydes is 1. The topological polar surface area (TPSA) is 93.6 Å². The lowest BCUT2D eigenvalue weighted by Crippen LogP contribution is -2.38. The first-order chi connectivity index (χ1) is 18.5. The molecule has 0 bridgehead atoms. The molecule has 5 rings (SSSR count). The number of imidazole rings is 1. The zero-order chi connectivity index (χ0) is 26.5. The number of rotatable bonds is 11. The summed E-state index contributed by atoms with van der Waals surface area (Å²) < 4.78 is 1.73. The largest absolute Gasteiger partial charge is 0.355 e. The number of hydrogen-bond acceptors (Lipinski definition) is 8. The first kappa shape index (κ1) is 26.6. The standard InChI is InChI=1S/C28H31N3O5S2/c1-30(13-4-14-31-23-12-7-19(18-32)17-22(23)29-28(31)34)20-8-10-21(11-9-20)35-36-27(33)26(24-5-2-15-37-24)25-6-3-16-38-25/h2-3,5-7,12,15-18,20-21,26H,4,8-11,13-14H2,1H3,(H,29,34). The van der Waals surface area contributed by atoms with Gasteiger partial charge in [-0.25, -0.2) is 9.59 Å². The second-order valence-corrected chi connectivity index (χ2v) is 11.7. The number of nitrogens with one attached hydrogen (secondary N) is 1. The van der Waals surface area contributed by atoms with Gasteiger partial charge in [0.1, 0.15) is 18.3 Å². The number of thiophene rings is 2. The van der Waals surface area contributed by atoms with E-state index in [-0.39, 0.29) is 17.8 Å². The number of carbonyl (C=O) groups is 2. The van der Waals surface area contributed by atoms with Crippen molar-refractivity contribution in [2.24, 2.45) is 0 Å². The highest BCUT2D eigenvalue weighted by Gasteiger charge is 2.30. The number of benzene rings is 1. The second-order valence-electron chi connectivity index (χ2n) is 9.70. The van der Waals surface area contributed by atoms with Gasteiger partial charge in [0.15, 0.2) is 0 Å². The van der Waals surface area contributed by atoms with Crippen molar-refractivity contribution in [2.45, 2.75) is 56.7 Å². The molecule has 0 saturated heterocycles. The summed E-state index contributed by atoms with van der Waals surface area (Å²) in [6.45, 7) is 1.47. The van der Waals surface area contributed by atoms with Crippen molar-refractivity contribution < 1.29 is 19.4 Å². The quantitative estimate of drug-likeness (QED) is 0.156. The van der Waals surface area contributed by atoms with Crippen LogP contribution in [0.5, 0.6) is 0 Å². The van der Waals surface area contributed by atoms with Crippen molar-refractivity contribution in [1.82, 2.24) is 14.5 Å². The van der Waals surface area contributed by atoms with Gasteiger partial charge in [0, 0.05) is 27.9 Å². The van der Waals surface area contributed by atoms with Crippen molar-refractivity contribution in [3.63, 3.8) is 0 Å². The number of aromatic amines is 1. The van der Waals surface area contributed by atoms with E-state index >= 15 is 0 Å². The van der Waals surface area contributed by atoms with E-state index in [1.54, 1.807) is 39.4 Å². The third-order valence-electron chi connectivity index (χ3n) is 7.25. The summed E-state index contributed by atoms with van der Waals surface area (Å²) in [7, 11) is 2.12. The zero-order valence-electron chi connectivity index (χ0n) is 21.2. The number of H-pyrrole nitrogens is 1. The first-order valence-corrected chi connectivity index (χ1v) is 14.6. The number of aromatic nitrogens is 2. The molecular weight excluding hydrogens is 522 g/mol. The van der Waals surface area contributed by atoms with Crippen molar-refractivity contribution >= 4 is 46.0 Å². The van der Waals surface area contributed by atoms with Crippen LogP contribution in [0.2, 0.25) is 0 Å². The lowest BCUT2D eigenvalue weighted by molar-refractivity contribution is -0.303. The van der Waals surface area contributed by atoms with Crippen LogP contribution >= 0.6 is 22.7 Å². The van der Waals surface area contributed by atoms with Gasteiger partial charge < -0.3 is 9.88 Å². The summed E-state index contributed by atoms with van der Waals surface area (Å²) >= 11 is 3.08. The van der Waals surface area contributed by atoms with Crippen LogP contribution in [-0.2, 0) is 21.1 Å². The fourth-order valence-electron chi connectivity index (χ4n) is 5.17. The maximum atomic E-state index is 12.9. The van der Waals surface area contributed by atoms with Gasteiger partial charge in [-0.15, -0.1) is 22.7 Å². The Labute approximate surface area is 228 Å². The van der Waals surface area contributed by atoms with E-state index in [0.717, 1.165) is 60.2 Å². The molecule has 10 heteroatoms. The molecule has 0 unspecified atom stereocenters. The molecule has 38 heavy (non-hydrogen) atoms. The molecule has 8 nitrogen and oxygen atoms in total. The maximum absolute atomic E-state index is 12.9. The molecule has 0 amide bonds. The predicted molar refractivity (Wildman–Crippen MR) is 149 cm³/mol. The van der Waals surface area contributed by atoms with Gasteiger partial charge in [-0.1, -0.05) is 12.1 Å². The van der Waals surface area contributed by atoms with Crippen LogP contribution in [0.3, 0.4) is 0 Å². The number of hydrogen-bond donors (Lipinski definition) is 1. The molecule has 200 valence electrons. The molecule has 4 aromatic rings. The third kappa shape index (κ3) is 5.99. The summed E-state index contributed by atoms with van der Waals surface area (Å²) in [6.07, 6.45) is 5.08. The van der Waals surface area contributed by atoms with E-state index in [4.69, 9.17) is 9.78 Å². The average molecular weight is 554 g/mol. The zero-order valence-corrected chi connectivity index (χ0v) is 22.8. The van der Waals surface area contributed by atoms with E-state index in [2.05, 4.69) is 16.9 Å². The first-order valence-electron chi connectivity index (χ1n) is 12.9. The Hall–Kier alpha value is -3.05. The van der Waals surface area contributed by atoms with Crippen LogP contribution in [0, 0.1) is 0 Å². The summed E-state index contributed by atoms with van der Waals surface area (Å²) in [5.74, 6) is -0.821. The van der Waals surface area contributed by atoms with Crippen molar-refractivity contribution in [3.8, 4) is 0 Å². The number of carbonyl (C=O) groups excluding carboxylic acids is 2. The van der Waals surface area contributed by atoms with E-state index in [9.17, 15) is 14.4 Å². The van der Waals surface area contributed by atoms with Crippen LogP contribution < -0.4 is 5.69 Å². The molecule has 1 aliphatic carbocycles. The molecule has 3 heterocycles. The van der Waals surface area contributed by atoms with Gasteiger partial charge in [-0.3, -0.25) is 14.2 Å². The smallest absolute Gasteiger partial charge is 0.306 e. The Morgan fingerprint density at radius 2 is 1.84 bits per heavy atom. The lowest BCUT2D eigenvalue weighted by atomic mass is 9.92. The van der Waals surface area contributed by atoms with Gasteiger partial charge in [-0.05, 0) is 86.8 Å². The average Bonchev–Trinajstić information content (AvgIpc) is 3.71. The molecule has 1 aromatic carbocycles. The minimum absolute atomic E-state index is 0.100. The number of nitrogens with zero attached hydrogens (tertiary/aromatic N) is 2. The molecule has 0 spiro atoms. The molecule has 1 fully saturated rings. The molecule has 1 saturated carbocycles. The van der Waals surface area contributed by atoms with Crippen LogP contribution in [0.4, 0.5) is 0 Å². The molecule has 0 aliphatic heterocycles. The molecule has 0 radical (unpaired) electrons. The van der Waals surface area contributed by atoms with Crippen LogP contribution in [0.1, 0.15) is 58.1 Å². The van der Waals surface area contributed by atoms with Gasteiger partial charge in [0.05, 0.1) is 11.0 Å². The van der Waals surface area contributed by atoms with Gasteiger partial charge in [-0.2, -0.15) is 4.89 Å². The fraction of sp³-hybridized carbons (Fsp3) is 0.393. The highest BCUT2D eigenvalue weighted by Crippen LogP contribution is 2.33. The summed E-state index contributed by atoms with van der Waals surface area (Å²) in [5.41, 5.74) is 1.89. The van der Waals surface area contributed by atoms with Crippen LogP contribution in [0.25, 0.3) is 11.0 Å². The Morgan fingerprint density at radius 3 is 2.47 bits per heavy atom. The lowest BCUT2D eigenvalue weighted by Gasteiger charge is -2.34. The van der Waals surface area contributed by atoms with Gasteiger partial charge >= 0.3 is 11.7 Å². The third-order valence-corrected chi connectivity index (χ3v) is 9.13. The SMILES string of the molecule is CN(CCCn1c(=O)[nH]c2cc(C=O)ccc21)C1CCC(OOC(=O)C(c2cccs2)c2cccs2)CC1. The normalized spacial score (nSPS) is 17.9. The number of aryl methyl sites for hydroxylation is 1.